The average Bonchev–Trinajstić information content (AvgIpc) is 2.51. The Kier molecular flexibility index (Phi) is 4.33. The number of nitrogens with zero attached hydrogens (tertiary/aromatic N) is 1. The second-order valence-corrected chi connectivity index (χ2v) is 8.07. The molecule has 1 aromatic carbocycles. The molecular weight excluding hydrogens is 284 g/mol. The summed E-state index contributed by atoms with van der Waals surface area (Å²) in [6.45, 7) is 5.26. The number of sulfone groups is 1. The lowest BCUT2D eigenvalue weighted by Gasteiger charge is -2.41. The summed E-state index contributed by atoms with van der Waals surface area (Å²) < 4.78 is 24.5. The Labute approximate surface area is 127 Å². The molecule has 2 aliphatic rings. The summed E-state index contributed by atoms with van der Waals surface area (Å²) in [6, 6.07) is 8.30. The van der Waals surface area contributed by atoms with Crippen LogP contribution >= 0.6 is 0 Å². The Morgan fingerprint density at radius 3 is 2.81 bits per heavy atom. The molecule has 1 N–H and O–H groups in total. The van der Waals surface area contributed by atoms with E-state index in [-0.39, 0.29) is 11.8 Å². The van der Waals surface area contributed by atoms with Gasteiger partial charge >= 0.3 is 0 Å². The SMILES string of the molecule is CCN(C1CCCNC1)C1CCS(=O)(=O)c2ccccc21. The van der Waals surface area contributed by atoms with E-state index in [0.29, 0.717) is 17.4 Å². The van der Waals surface area contributed by atoms with E-state index < -0.39 is 9.84 Å². The normalized spacial score (nSPS) is 28.3. The minimum absolute atomic E-state index is 0.236. The van der Waals surface area contributed by atoms with Crippen LogP contribution in [0.15, 0.2) is 29.2 Å². The predicted octanol–water partition coefficient (Wildman–Crippen LogP) is 1.98. The molecule has 2 atom stereocenters. The maximum absolute atomic E-state index is 12.3. The third-order valence-corrected chi connectivity index (χ3v) is 6.59. The van der Waals surface area contributed by atoms with Crippen LogP contribution in [-0.4, -0.2) is 44.7 Å². The van der Waals surface area contributed by atoms with E-state index in [4.69, 9.17) is 0 Å². The highest BCUT2D eigenvalue weighted by atomic mass is 32.2. The topological polar surface area (TPSA) is 49.4 Å². The molecule has 3 rings (SSSR count). The standard InChI is InChI=1S/C16H24N2O2S/c1-2-18(13-6-5-10-17-12-13)15-9-11-21(19,20)16-8-4-3-7-14(15)16/h3-4,7-8,13,15,17H,2,5-6,9-12H2,1H3. The molecule has 1 aromatic rings. The minimum Gasteiger partial charge on any atom is -0.315 e. The lowest BCUT2D eigenvalue weighted by molar-refractivity contribution is 0.113. The van der Waals surface area contributed by atoms with Crippen molar-refractivity contribution >= 4 is 9.84 Å². The lowest BCUT2D eigenvalue weighted by Crippen LogP contribution is -2.48. The van der Waals surface area contributed by atoms with Gasteiger partial charge in [-0.1, -0.05) is 25.1 Å². The molecular formula is C16H24N2O2S. The van der Waals surface area contributed by atoms with Crippen LogP contribution in [0.3, 0.4) is 0 Å². The van der Waals surface area contributed by atoms with Gasteiger partial charge in [-0.2, -0.15) is 0 Å². The summed E-state index contributed by atoms with van der Waals surface area (Å²) in [6.07, 6.45) is 3.11. The van der Waals surface area contributed by atoms with Gasteiger partial charge in [0.05, 0.1) is 10.6 Å². The van der Waals surface area contributed by atoms with Crippen molar-refractivity contribution in [3.05, 3.63) is 29.8 Å². The first kappa shape index (κ1) is 15.0. The number of nitrogens with one attached hydrogen (secondary N) is 1. The van der Waals surface area contributed by atoms with Crippen LogP contribution in [0.1, 0.15) is 37.8 Å². The largest absolute Gasteiger partial charge is 0.315 e. The van der Waals surface area contributed by atoms with Crippen molar-refractivity contribution in [1.82, 2.24) is 10.2 Å². The highest BCUT2D eigenvalue weighted by Crippen LogP contribution is 2.37. The van der Waals surface area contributed by atoms with Crippen molar-refractivity contribution in [2.24, 2.45) is 0 Å². The molecule has 0 radical (unpaired) electrons. The van der Waals surface area contributed by atoms with Crippen molar-refractivity contribution in [1.29, 1.82) is 0 Å². The fourth-order valence-corrected chi connectivity index (χ4v) is 5.37. The third-order valence-electron chi connectivity index (χ3n) is 4.78. The summed E-state index contributed by atoms with van der Waals surface area (Å²) in [5, 5.41) is 3.47. The van der Waals surface area contributed by atoms with Gasteiger partial charge in [-0.15, -0.1) is 0 Å². The van der Waals surface area contributed by atoms with Crippen LogP contribution in [-0.2, 0) is 9.84 Å². The number of rotatable bonds is 3. The monoisotopic (exact) mass is 308 g/mol. The van der Waals surface area contributed by atoms with Crippen LogP contribution in [0, 0.1) is 0 Å². The molecule has 2 unspecified atom stereocenters. The van der Waals surface area contributed by atoms with Gasteiger partial charge in [0.15, 0.2) is 9.84 Å². The van der Waals surface area contributed by atoms with Gasteiger partial charge in [-0.3, -0.25) is 4.90 Å². The highest BCUT2D eigenvalue weighted by molar-refractivity contribution is 7.91. The van der Waals surface area contributed by atoms with Gasteiger partial charge in [-0.05, 0) is 44.0 Å². The maximum atomic E-state index is 12.3. The second kappa shape index (κ2) is 6.07. The summed E-state index contributed by atoms with van der Waals surface area (Å²) >= 11 is 0. The molecule has 0 saturated carbocycles. The van der Waals surface area contributed by atoms with Crippen LogP contribution in [0.25, 0.3) is 0 Å². The summed E-state index contributed by atoms with van der Waals surface area (Å²) in [4.78, 5) is 3.04. The molecule has 4 nitrogen and oxygen atoms in total. The molecule has 0 bridgehead atoms. The van der Waals surface area contributed by atoms with Gasteiger partial charge < -0.3 is 5.32 Å². The minimum atomic E-state index is -3.09. The third kappa shape index (κ3) is 2.87. The molecule has 2 aliphatic heterocycles. The molecule has 5 heteroatoms. The second-order valence-electron chi connectivity index (χ2n) is 5.99. The fourth-order valence-electron chi connectivity index (χ4n) is 3.77. The molecule has 1 fully saturated rings. The zero-order valence-corrected chi connectivity index (χ0v) is 13.4. The summed E-state index contributed by atoms with van der Waals surface area (Å²) in [7, 11) is -3.09. The van der Waals surface area contributed by atoms with Gasteiger partial charge in [0.25, 0.3) is 0 Å². The summed E-state index contributed by atoms with van der Waals surface area (Å²) in [5.74, 6) is 0.269. The van der Waals surface area contributed by atoms with Gasteiger partial charge in [-0.25, -0.2) is 8.42 Å². The molecule has 0 aliphatic carbocycles. The molecule has 1 saturated heterocycles. The predicted molar refractivity (Wildman–Crippen MR) is 84.1 cm³/mol. The lowest BCUT2D eigenvalue weighted by atomic mass is 9.97. The Balaban J connectivity index is 1.94. The molecule has 116 valence electrons. The average molecular weight is 308 g/mol. The first-order valence-electron chi connectivity index (χ1n) is 7.91. The number of fused-ring (bicyclic) bond motifs is 1. The van der Waals surface area contributed by atoms with Crippen molar-refractivity contribution in [3.8, 4) is 0 Å². The van der Waals surface area contributed by atoms with Crippen LogP contribution in [0.5, 0.6) is 0 Å². The van der Waals surface area contributed by atoms with E-state index in [1.54, 1.807) is 6.07 Å². The Bertz CT molecular complexity index is 594. The number of hydrogen-bond donors (Lipinski definition) is 1. The molecule has 2 heterocycles. The van der Waals surface area contributed by atoms with E-state index in [1.165, 1.54) is 12.8 Å². The van der Waals surface area contributed by atoms with Crippen LogP contribution < -0.4 is 5.32 Å². The fraction of sp³-hybridized carbons (Fsp3) is 0.625. The first-order valence-corrected chi connectivity index (χ1v) is 9.57. The van der Waals surface area contributed by atoms with E-state index in [1.807, 2.05) is 18.2 Å². The summed E-state index contributed by atoms with van der Waals surface area (Å²) in [5.41, 5.74) is 0.996. The number of likely N-dealkylation sites (N-methyl/N-ethyl adjacent to an activating group) is 1. The Morgan fingerprint density at radius 2 is 2.10 bits per heavy atom. The molecule has 21 heavy (non-hydrogen) atoms. The Morgan fingerprint density at radius 1 is 1.29 bits per heavy atom. The number of benzene rings is 1. The smallest absolute Gasteiger partial charge is 0.178 e. The quantitative estimate of drug-likeness (QED) is 0.927. The van der Waals surface area contributed by atoms with Crippen molar-refractivity contribution < 1.29 is 8.42 Å². The molecule has 0 amide bonds. The van der Waals surface area contributed by atoms with Crippen molar-refractivity contribution in [3.63, 3.8) is 0 Å². The van der Waals surface area contributed by atoms with Crippen LogP contribution in [0.2, 0.25) is 0 Å². The van der Waals surface area contributed by atoms with E-state index in [9.17, 15) is 8.42 Å². The molecule has 0 spiro atoms. The zero-order chi connectivity index (χ0) is 14.9. The van der Waals surface area contributed by atoms with Crippen molar-refractivity contribution in [2.45, 2.75) is 43.2 Å². The van der Waals surface area contributed by atoms with Crippen LogP contribution in [0.4, 0.5) is 0 Å². The molecule has 0 aromatic heterocycles. The maximum Gasteiger partial charge on any atom is 0.178 e. The van der Waals surface area contributed by atoms with E-state index in [0.717, 1.165) is 25.2 Å². The number of hydrogen-bond acceptors (Lipinski definition) is 4. The first-order chi connectivity index (χ1) is 10.1. The zero-order valence-electron chi connectivity index (χ0n) is 12.6. The van der Waals surface area contributed by atoms with E-state index >= 15 is 0 Å². The number of piperidine rings is 1. The van der Waals surface area contributed by atoms with Crippen molar-refractivity contribution in [2.75, 3.05) is 25.4 Å². The van der Waals surface area contributed by atoms with E-state index in [2.05, 4.69) is 17.1 Å². The Hall–Kier alpha value is -0.910. The van der Waals surface area contributed by atoms with Gasteiger partial charge in [0, 0.05) is 18.6 Å². The van der Waals surface area contributed by atoms with Gasteiger partial charge in [0.2, 0.25) is 0 Å². The van der Waals surface area contributed by atoms with Gasteiger partial charge in [0.1, 0.15) is 0 Å². The highest BCUT2D eigenvalue weighted by Gasteiger charge is 2.35.